The van der Waals surface area contributed by atoms with E-state index in [0.29, 0.717) is 56.1 Å². The molecule has 0 heterocycles. The Hall–Kier alpha value is -10.0. The molecule has 0 N–H and O–H groups in total. The predicted octanol–water partition coefficient (Wildman–Crippen LogP) is 18.5. The van der Waals surface area contributed by atoms with Crippen LogP contribution in [0, 0.1) is 45.9 Å². The van der Waals surface area contributed by atoms with Gasteiger partial charge in [0.1, 0.15) is 11.6 Å². The summed E-state index contributed by atoms with van der Waals surface area (Å²) < 4.78 is 66.3. The largest absolute Gasteiger partial charge is 0.307 e. The first kappa shape index (κ1) is 45.1. The predicted molar refractivity (Wildman–Crippen MR) is 291 cm³/mol. The summed E-state index contributed by atoms with van der Waals surface area (Å²) in [6.45, 7) is 0. The van der Waals surface area contributed by atoms with Gasteiger partial charge in [-0.2, -0.15) is 10.5 Å². The molecule has 0 amide bonds. The summed E-state index contributed by atoms with van der Waals surface area (Å²) in [4.78, 5) is 3.57. The lowest BCUT2D eigenvalue weighted by Gasteiger charge is -2.31. The second kappa shape index (κ2) is 18.6. The average Bonchev–Trinajstić information content (AvgIpc) is 3.45. The van der Waals surface area contributed by atoms with Gasteiger partial charge in [0.2, 0.25) is 0 Å². The van der Waals surface area contributed by atoms with E-state index in [0.717, 1.165) is 66.7 Å². The van der Waals surface area contributed by atoms with Gasteiger partial charge in [-0.3, -0.25) is 0 Å². The average molecular weight is 963 g/mol. The van der Waals surface area contributed by atoms with Crippen LogP contribution in [0.5, 0.6) is 0 Å². The molecular weight excluding hydrogens is 925 g/mol. The summed E-state index contributed by atoms with van der Waals surface area (Å²) in [5, 5.41) is 24.6. The van der Waals surface area contributed by atoms with E-state index < -0.39 is 23.3 Å². The Bertz CT molecular complexity index is 3930. The molecule has 0 aliphatic rings. The van der Waals surface area contributed by atoms with E-state index in [4.69, 9.17) is 0 Å². The maximum atomic E-state index is 17.3. The van der Waals surface area contributed by atoms with Crippen molar-refractivity contribution in [1.82, 2.24) is 0 Å². The van der Waals surface area contributed by atoms with E-state index in [1.165, 1.54) is 12.1 Å². The number of halogens is 4. The van der Waals surface area contributed by atoms with Crippen LogP contribution in [0.1, 0.15) is 11.1 Å². The van der Waals surface area contributed by atoms with Crippen LogP contribution in [0.2, 0.25) is 0 Å². The molecule has 0 spiro atoms. The van der Waals surface area contributed by atoms with Crippen LogP contribution in [-0.4, -0.2) is 0 Å². The molecule has 8 heteroatoms. The molecule has 0 bridgehead atoms. The lowest BCUT2D eigenvalue weighted by Crippen LogP contribution is -2.15. The molecule has 74 heavy (non-hydrogen) atoms. The minimum absolute atomic E-state index is 0.0947. The van der Waals surface area contributed by atoms with Crippen molar-refractivity contribution in [2.75, 3.05) is 9.80 Å². The third kappa shape index (κ3) is 7.79. The van der Waals surface area contributed by atoms with E-state index >= 15 is 17.6 Å². The molecule has 350 valence electrons. The minimum Gasteiger partial charge on any atom is -0.307 e. The molecule has 12 aromatic carbocycles. The fraction of sp³-hybridized carbons (Fsp3) is 0. The maximum absolute atomic E-state index is 17.3. The Balaban J connectivity index is 1.13. The van der Waals surface area contributed by atoms with E-state index in [9.17, 15) is 10.5 Å². The second-order valence-corrected chi connectivity index (χ2v) is 18.0. The van der Waals surface area contributed by atoms with Crippen LogP contribution < -0.4 is 9.80 Å². The quantitative estimate of drug-likeness (QED) is 0.101. The van der Waals surface area contributed by atoms with Gasteiger partial charge in [0.25, 0.3) is 0 Å². The van der Waals surface area contributed by atoms with Crippen LogP contribution in [-0.2, 0) is 0 Å². The topological polar surface area (TPSA) is 54.1 Å². The van der Waals surface area contributed by atoms with Gasteiger partial charge in [-0.15, -0.1) is 0 Å². The fourth-order valence-corrected chi connectivity index (χ4v) is 10.5. The molecule has 0 saturated heterocycles. The van der Waals surface area contributed by atoms with Gasteiger partial charge >= 0.3 is 0 Å². The fourth-order valence-electron chi connectivity index (χ4n) is 10.5. The molecule has 0 aliphatic carbocycles. The number of hydrogen-bond acceptors (Lipinski definition) is 4. The highest BCUT2D eigenvalue weighted by atomic mass is 19.1. The van der Waals surface area contributed by atoms with E-state index in [2.05, 4.69) is 12.1 Å². The molecule has 0 aromatic heterocycles. The molecule has 12 rings (SSSR count). The van der Waals surface area contributed by atoms with Crippen molar-refractivity contribution in [1.29, 1.82) is 10.5 Å². The summed E-state index contributed by atoms with van der Waals surface area (Å²) in [5.74, 6) is -3.10. The van der Waals surface area contributed by atoms with Gasteiger partial charge in [0.15, 0.2) is 11.6 Å². The number of anilines is 6. The highest BCUT2D eigenvalue weighted by Gasteiger charge is 2.29. The number of nitrogens with zero attached hydrogens (tertiary/aromatic N) is 4. The summed E-state index contributed by atoms with van der Waals surface area (Å²) in [7, 11) is 0. The van der Waals surface area contributed by atoms with Crippen molar-refractivity contribution in [2.45, 2.75) is 0 Å². The SMILES string of the molecule is N#Cc1ccc(N(c2c(F)cc(F)cc2-c2ccccc2-c2ccccc2)c2ccc3ccc4c(N(c5ccc(C#N)cc5)c5c(F)cc(F)cc5-c5ccccc5-c5ccccc5)ccc5ccc2c3c54)cc1. The van der Waals surface area contributed by atoms with Gasteiger partial charge in [0, 0.05) is 45.4 Å². The first-order valence-corrected chi connectivity index (χ1v) is 23.9. The van der Waals surface area contributed by atoms with Gasteiger partial charge in [-0.05, 0) is 128 Å². The van der Waals surface area contributed by atoms with E-state index in [-0.39, 0.29) is 11.4 Å². The van der Waals surface area contributed by atoms with Crippen molar-refractivity contribution in [3.05, 3.63) is 265 Å². The number of benzene rings is 12. The Morgan fingerprint density at radius 3 is 1.05 bits per heavy atom. The summed E-state index contributed by atoms with van der Waals surface area (Å²) in [6, 6.07) is 72.7. The van der Waals surface area contributed by atoms with Crippen LogP contribution in [0.3, 0.4) is 0 Å². The zero-order valence-electron chi connectivity index (χ0n) is 39.2. The van der Waals surface area contributed by atoms with Gasteiger partial charge in [-0.25, -0.2) is 17.6 Å². The van der Waals surface area contributed by atoms with Gasteiger partial charge in [0.05, 0.1) is 46.0 Å². The Kier molecular flexibility index (Phi) is 11.4. The Labute approximate surface area is 424 Å². The van der Waals surface area contributed by atoms with E-state index in [1.807, 2.05) is 158 Å². The molecule has 4 nitrogen and oxygen atoms in total. The number of rotatable bonds is 10. The van der Waals surface area contributed by atoms with Crippen LogP contribution in [0.25, 0.3) is 76.8 Å². The van der Waals surface area contributed by atoms with Crippen molar-refractivity contribution in [2.24, 2.45) is 0 Å². The maximum Gasteiger partial charge on any atom is 0.150 e. The Morgan fingerprint density at radius 2 is 0.676 bits per heavy atom. The summed E-state index contributed by atoms with van der Waals surface area (Å²) >= 11 is 0. The minimum atomic E-state index is -0.802. The van der Waals surface area contributed by atoms with E-state index in [1.54, 1.807) is 58.3 Å². The lowest BCUT2D eigenvalue weighted by molar-refractivity contribution is 0.584. The van der Waals surface area contributed by atoms with Gasteiger partial charge < -0.3 is 9.80 Å². The first-order valence-electron chi connectivity index (χ1n) is 23.9. The molecule has 0 atom stereocenters. The highest BCUT2D eigenvalue weighted by Crippen LogP contribution is 2.52. The molecule has 0 fully saturated rings. The second-order valence-electron chi connectivity index (χ2n) is 18.0. The Morgan fingerprint density at radius 1 is 0.324 bits per heavy atom. The third-order valence-corrected chi connectivity index (χ3v) is 13.7. The van der Waals surface area contributed by atoms with Crippen LogP contribution in [0.4, 0.5) is 51.7 Å². The lowest BCUT2D eigenvalue weighted by atomic mass is 9.90. The molecule has 12 aromatic rings. The number of hydrogen-bond donors (Lipinski definition) is 0. The normalized spacial score (nSPS) is 11.2. The highest BCUT2D eigenvalue weighted by molar-refractivity contribution is 6.28. The molecular formula is C66H38F4N4. The van der Waals surface area contributed by atoms with Gasteiger partial charge in [-0.1, -0.05) is 146 Å². The molecule has 0 unspecified atom stereocenters. The van der Waals surface area contributed by atoms with Crippen molar-refractivity contribution >= 4 is 66.4 Å². The van der Waals surface area contributed by atoms with Crippen molar-refractivity contribution < 1.29 is 17.6 Å². The smallest absolute Gasteiger partial charge is 0.150 e. The summed E-state index contributed by atoms with van der Waals surface area (Å²) in [6.07, 6.45) is 0. The molecule has 0 aliphatic heterocycles. The number of nitriles is 2. The zero-order chi connectivity index (χ0) is 50.5. The standard InChI is InChI=1S/C66H38F4N4/c67-47-35-57(53-17-9-7-15-51(53)43-11-3-1-4-12-43)65(59(69)37-47)73(49-27-19-41(39-71)20-28-49)61-33-25-45-24-32-56-62(34-26-46-23-31-55(61)63(45)64(46)56)74(50-29-21-42(40-72)22-30-50)66-58(36-48(68)38-60(66)70)54-18-10-8-16-52(54)44-13-5-2-6-14-44/h1-38H. The monoisotopic (exact) mass is 962 g/mol. The van der Waals surface area contributed by atoms with Crippen molar-refractivity contribution in [3.8, 4) is 56.6 Å². The first-order chi connectivity index (χ1) is 36.3. The third-order valence-electron chi connectivity index (χ3n) is 13.7. The molecule has 0 saturated carbocycles. The zero-order valence-corrected chi connectivity index (χ0v) is 39.2. The van der Waals surface area contributed by atoms with Crippen LogP contribution in [0.15, 0.2) is 231 Å². The van der Waals surface area contributed by atoms with Crippen LogP contribution >= 0.6 is 0 Å². The summed E-state index contributed by atoms with van der Waals surface area (Å²) in [5.41, 5.74) is 8.29. The van der Waals surface area contributed by atoms with Crippen molar-refractivity contribution in [3.63, 3.8) is 0 Å². The molecule has 0 radical (unpaired) electrons.